The molecule has 1 aromatic carbocycles. The van der Waals surface area contributed by atoms with Crippen molar-refractivity contribution in [3.8, 4) is 0 Å². The van der Waals surface area contributed by atoms with Crippen LogP contribution in [0.25, 0.3) is 21.4 Å². The number of rotatable bonds is 15. The summed E-state index contributed by atoms with van der Waals surface area (Å²) < 4.78 is 22.0. The van der Waals surface area contributed by atoms with Crippen LogP contribution in [-0.4, -0.2) is 65.1 Å². The fraction of sp³-hybridized carbons (Fsp3) is 0.630. The van der Waals surface area contributed by atoms with E-state index in [0.29, 0.717) is 70.2 Å². The molecular weight excluding hydrogens is 476 g/mol. The van der Waals surface area contributed by atoms with E-state index in [-0.39, 0.29) is 12.2 Å². The van der Waals surface area contributed by atoms with Crippen LogP contribution >= 0.6 is 0 Å². The molecule has 200 valence electrons. The van der Waals surface area contributed by atoms with Crippen LogP contribution in [0.4, 0.5) is 5.69 Å². The first-order valence-corrected chi connectivity index (χ1v) is 13.2. The Morgan fingerprint density at radius 1 is 1.08 bits per heavy atom. The smallest absolute Gasteiger partial charge is 0.340 e. The Morgan fingerprint density at radius 3 is 2.54 bits per heavy atom. The first-order valence-electron chi connectivity index (χ1n) is 13.2. The quantitative estimate of drug-likeness (QED) is 0.116. The van der Waals surface area contributed by atoms with Crippen molar-refractivity contribution in [3.63, 3.8) is 0 Å². The summed E-state index contributed by atoms with van der Waals surface area (Å²) in [6, 6.07) is 2.18. The van der Waals surface area contributed by atoms with Crippen molar-refractivity contribution in [1.82, 2.24) is 0 Å². The Bertz CT molecular complexity index is 1200. The Morgan fingerprint density at radius 2 is 1.78 bits per heavy atom. The molecule has 0 radical (unpaired) electrons. The Labute approximate surface area is 216 Å². The molecule has 0 aliphatic carbocycles. The summed E-state index contributed by atoms with van der Waals surface area (Å²) in [6.07, 6.45) is 5.20. The standard InChI is InChI=1S/C27H36N4O6/c1-19-23-17-20-5-2-9-31-10-3-7-22(25(20)31)26(23)37-27(33)24(19)18-21(32)6-4-11-34-13-15-36-16-14-35-12-8-29-30-28/h17H,2-16,18H2,1H3. The van der Waals surface area contributed by atoms with Gasteiger partial charge >= 0.3 is 5.63 Å². The number of aryl methyl sites for hydroxylation is 3. The molecule has 0 unspecified atom stereocenters. The van der Waals surface area contributed by atoms with E-state index in [2.05, 4.69) is 21.0 Å². The minimum Gasteiger partial charge on any atom is -0.422 e. The number of fused-ring (bicyclic) bond motifs is 2. The van der Waals surface area contributed by atoms with Gasteiger partial charge in [-0.15, -0.1) is 0 Å². The third-order valence-corrected chi connectivity index (χ3v) is 7.03. The molecule has 0 spiro atoms. The van der Waals surface area contributed by atoms with Gasteiger partial charge in [-0.05, 0) is 61.8 Å². The lowest BCUT2D eigenvalue weighted by Gasteiger charge is -2.37. The van der Waals surface area contributed by atoms with Crippen LogP contribution in [0.2, 0.25) is 0 Å². The van der Waals surface area contributed by atoms with E-state index < -0.39 is 5.63 Å². The predicted molar refractivity (Wildman–Crippen MR) is 140 cm³/mol. The molecular formula is C27H36N4O6. The van der Waals surface area contributed by atoms with Gasteiger partial charge in [0.05, 0.1) is 33.0 Å². The van der Waals surface area contributed by atoms with Crippen LogP contribution in [0.15, 0.2) is 20.4 Å². The van der Waals surface area contributed by atoms with E-state index >= 15 is 0 Å². The number of anilines is 1. The largest absolute Gasteiger partial charge is 0.422 e. The third-order valence-electron chi connectivity index (χ3n) is 7.03. The molecule has 0 saturated heterocycles. The molecule has 3 heterocycles. The summed E-state index contributed by atoms with van der Waals surface area (Å²) in [7, 11) is 0. The van der Waals surface area contributed by atoms with Gasteiger partial charge in [0.1, 0.15) is 11.4 Å². The number of carbonyl (C=O) groups excluding carboxylic acids is 1. The van der Waals surface area contributed by atoms with Crippen molar-refractivity contribution in [2.24, 2.45) is 5.11 Å². The summed E-state index contributed by atoms with van der Waals surface area (Å²) in [6.45, 7) is 6.95. The van der Waals surface area contributed by atoms with Crippen molar-refractivity contribution in [1.29, 1.82) is 0 Å². The summed E-state index contributed by atoms with van der Waals surface area (Å²) in [5.41, 5.74) is 13.6. The van der Waals surface area contributed by atoms with Gasteiger partial charge in [0.25, 0.3) is 0 Å². The number of azide groups is 1. The highest BCUT2D eigenvalue weighted by atomic mass is 16.5. The molecule has 0 saturated carbocycles. The first-order chi connectivity index (χ1) is 18.1. The second-order valence-electron chi connectivity index (χ2n) is 9.54. The van der Waals surface area contributed by atoms with Crippen molar-refractivity contribution in [2.45, 2.75) is 51.9 Å². The second kappa shape index (κ2) is 13.6. The predicted octanol–water partition coefficient (Wildman–Crippen LogP) is 4.05. The van der Waals surface area contributed by atoms with Crippen molar-refractivity contribution in [3.05, 3.63) is 49.2 Å². The average molecular weight is 513 g/mol. The van der Waals surface area contributed by atoms with E-state index in [0.717, 1.165) is 55.3 Å². The third kappa shape index (κ3) is 6.90. The monoisotopic (exact) mass is 512 g/mol. The van der Waals surface area contributed by atoms with Gasteiger partial charge in [-0.1, -0.05) is 5.11 Å². The van der Waals surface area contributed by atoms with E-state index in [9.17, 15) is 9.59 Å². The van der Waals surface area contributed by atoms with E-state index in [1.807, 2.05) is 6.92 Å². The zero-order valence-electron chi connectivity index (χ0n) is 21.6. The molecule has 0 fully saturated rings. The molecule has 10 heteroatoms. The van der Waals surface area contributed by atoms with E-state index in [1.54, 1.807) is 0 Å². The molecule has 0 bridgehead atoms. The number of hydrogen-bond acceptors (Lipinski definition) is 8. The lowest BCUT2D eigenvalue weighted by atomic mass is 9.88. The average Bonchev–Trinajstić information content (AvgIpc) is 2.90. The SMILES string of the molecule is Cc1c(CC(=O)CCCOCCOCCOCCN=[N+]=[N-])c(=O)oc2c3c4c(cc12)CCCN4CCC3. The molecule has 37 heavy (non-hydrogen) atoms. The molecule has 4 rings (SSSR count). The van der Waals surface area contributed by atoms with Crippen molar-refractivity contribution >= 4 is 22.4 Å². The van der Waals surface area contributed by atoms with Crippen LogP contribution in [-0.2, 0) is 38.3 Å². The fourth-order valence-corrected chi connectivity index (χ4v) is 5.25. The molecule has 2 aliphatic heterocycles. The minimum absolute atomic E-state index is 0.0120. The summed E-state index contributed by atoms with van der Waals surface area (Å²) in [5, 5.41) is 4.35. The van der Waals surface area contributed by atoms with Crippen LogP contribution < -0.4 is 10.5 Å². The maximum absolute atomic E-state index is 12.9. The Hall–Kier alpha value is -2.91. The number of benzene rings is 1. The topological polar surface area (TPSA) is 127 Å². The van der Waals surface area contributed by atoms with Crippen molar-refractivity contribution in [2.75, 3.05) is 64.2 Å². The summed E-state index contributed by atoms with van der Waals surface area (Å²) >= 11 is 0. The molecule has 0 atom stereocenters. The fourth-order valence-electron chi connectivity index (χ4n) is 5.25. The van der Waals surface area contributed by atoms with Crippen LogP contribution in [0, 0.1) is 6.92 Å². The first kappa shape index (κ1) is 27.1. The number of nitrogens with zero attached hydrogens (tertiary/aromatic N) is 4. The van der Waals surface area contributed by atoms with Crippen molar-refractivity contribution < 1.29 is 23.4 Å². The molecule has 0 N–H and O–H groups in total. The van der Waals surface area contributed by atoms with Gasteiger partial charge in [0.2, 0.25) is 0 Å². The zero-order valence-corrected chi connectivity index (χ0v) is 21.6. The zero-order chi connectivity index (χ0) is 26.0. The van der Waals surface area contributed by atoms with Gasteiger partial charge in [0, 0.05) is 66.2 Å². The van der Waals surface area contributed by atoms with Gasteiger partial charge in [-0.2, -0.15) is 0 Å². The maximum atomic E-state index is 12.9. The van der Waals surface area contributed by atoms with E-state index in [1.165, 1.54) is 11.3 Å². The maximum Gasteiger partial charge on any atom is 0.340 e. The highest BCUT2D eigenvalue weighted by molar-refractivity contribution is 5.92. The number of ether oxygens (including phenoxy) is 3. The lowest BCUT2D eigenvalue weighted by Crippen LogP contribution is -2.34. The van der Waals surface area contributed by atoms with Gasteiger partial charge in [-0.25, -0.2) is 4.79 Å². The van der Waals surface area contributed by atoms with Gasteiger partial charge in [0.15, 0.2) is 0 Å². The van der Waals surface area contributed by atoms with E-state index in [4.69, 9.17) is 24.2 Å². The van der Waals surface area contributed by atoms with Gasteiger partial charge in [-0.3, -0.25) is 4.79 Å². The van der Waals surface area contributed by atoms with Crippen LogP contribution in [0.3, 0.4) is 0 Å². The molecule has 10 nitrogen and oxygen atoms in total. The highest BCUT2D eigenvalue weighted by Crippen LogP contribution is 2.40. The van der Waals surface area contributed by atoms with Crippen LogP contribution in [0.1, 0.15) is 47.9 Å². The molecule has 2 aliphatic rings. The normalized spacial score (nSPS) is 14.5. The molecule has 0 amide bonds. The van der Waals surface area contributed by atoms with Crippen LogP contribution in [0.5, 0.6) is 0 Å². The summed E-state index contributed by atoms with van der Waals surface area (Å²) in [5.74, 6) is 0.0120. The number of hydrogen-bond donors (Lipinski definition) is 0. The molecule has 2 aromatic rings. The number of Topliss-reactive ketones (excluding diaryl/α,β-unsaturated/α-hetero) is 1. The summed E-state index contributed by atoms with van der Waals surface area (Å²) in [4.78, 5) is 30.7. The lowest BCUT2D eigenvalue weighted by molar-refractivity contribution is -0.118. The Balaban J connectivity index is 1.23. The van der Waals surface area contributed by atoms with Gasteiger partial charge < -0.3 is 23.5 Å². The minimum atomic E-state index is -0.391. The number of carbonyl (C=O) groups is 1. The Kier molecular flexibility index (Phi) is 9.96. The second-order valence-corrected chi connectivity index (χ2v) is 9.54. The highest BCUT2D eigenvalue weighted by Gasteiger charge is 2.28. The molecule has 1 aromatic heterocycles. The number of ketones is 1.